The van der Waals surface area contributed by atoms with Gasteiger partial charge in [0.2, 0.25) is 10.0 Å². The molecule has 1 fully saturated rings. The first kappa shape index (κ1) is 16.7. The van der Waals surface area contributed by atoms with E-state index in [0.717, 1.165) is 0 Å². The van der Waals surface area contributed by atoms with Gasteiger partial charge in [-0.1, -0.05) is 0 Å². The predicted octanol–water partition coefficient (Wildman–Crippen LogP) is -0.197. The molecule has 1 aromatic heterocycles. The molecule has 2 heterocycles. The van der Waals surface area contributed by atoms with Gasteiger partial charge in [-0.25, -0.2) is 8.42 Å². The summed E-state index contributed by atoms with van der Waals surface area (Å²) in [7, 11) is -3.19. The minimum Gasteiger partial charge on any atom is -0.398 e. The molecule has 2 rings (SSSR count). The average molecular weight is 321 g/mol. The number of pyridine rings is 1. The van der Waals surface area contributed by atoms with Gasteiger partial charge in [-0.3, -0.25) is 9.78 Å². The number of hydrogen-bond donors (Lipinski definition) is 1. The van der Waals surface area contributed by atoms with Gasteiger partial charge in [0, 0.05) is 44.3 Å². The van der Waals surface area contributed by atoms with E-state index in [9.17, 15) is 13.2 Å². The zero-order valence-electron chi connectivity index (χ0n) is 11.0. The third-order valence-electron chi connectivity index (χ3n) is 3.08. The van der Waals surface area contributed by atoms with Gasteiger partial charge in [0.15, 0.2) is 0 Å². The summed E-state index contributed by atoms with van der Waals surface area (Å²) in [5, 5.41) is 0. The first-order valence-electron chi connectivity index (χ1n) is 5.83. The number of halogens is 1. The first-order chi connectivity index (χ1) is 8.89. The minimum atomic E-state index is -3.19. The number of nitrogens with two attached hydrogens (primary N) is 1. The molecule has 0 atom stereocenters. The van der Waals surface area contributed by atoms with Crippen LogP contribution < -0.4 is 5.73 Å². The van der Waals surface area contributed by atoms with Crippen molar-refractivity contribution in [1.82, 2.24) is 14.2 Å². The highest BCUT2D eigenvalue weighted by atomic mass is 35.5. The molecule has 1 aliphatic heterocycles. The number of amides is 1. The molecule has 112 valence electrons. The van der Waals surface area contributed by atoms with Crippen LogP contribution in [0.15, 0.2) is 18.5 Å². The number of aromatic nitrogens is 1. The highest BCUT2D eigenvalue weighted by Crippen LogP contribution is 2.14. The molecular weight excluding hydrogens is 304 g/mol. The third-order valence-corrected chi connectivity index (χ3v) is 4.38. The number of nitrogen functional groups attached to an aromatic ring is 1. The zero-order valence-corrected chi connectivity index (χ0v) is 12.7. The van der Waals surface area contributed by atoms with Gasteiger partial charge < -0.3 is 10.6 Å². The number of hydrogen-bond acceptors (Lipinski definition) is 5. The predicted molar refractivity (Wildman–Crippen MR) is 78.2 cm³/mol. The molecule has 2 N–H and O–H groups in total. The van der Waals surface area contributed by atoms with Crippen molar-refractivity contribution in [3.05, 3.63) is 24.0 Å². The van der Waals surface area contributed by atoms with Gasteiger partial charge in [0.1, 0.15) is 0 Å². The lowest BCUT2D eigenvalue weighted by Crippen LogP contribution is -2.50. The smallest absolute Gasteiger partial charge is 0.257 e. The molecule has 0 aromatic carbocycles. The van der Waals surface area contributed by atoms with Crippen LogP contribution in [-0.2, 0) is 10.0 Å². The average Bonchev–Trinajstić information content (AvgIpc) is 2.38. The van der Waals surface area contributed by atoms with Crippen molar-refractivity contribution < 1.29 is 13.2 Å². The summed E-state index contributed by atoms with van der Waals surface area (Å²) in [5.41, 5.74) is 6.47. The van der Waals surface area contributed by atoms with Crippen LogP contribution in [0.2, 0.25) is 0 Å². The zero-order chi connectivity index (χ0) is 14.0. The SMILES string of the molecule is CS(=O)(=O)N1CCN(C(=O)c2cnccc2N)CC1.Cl. The lowest BCUT2D eigenvalue weighted by Gasteiger charge is -2.33. The number of carbonyl (C=O) groups excluding carboxylic acids is 1. The van der Waals surface area contributed by atoms with Crippen LogP contribution in [0.1, 0.15) is 10.4 Å². The molecular formula is C11H17ClN4O3S. The summed E-state index contributed by atoms with van der Waals surface area (Å²) in [6.45, 7) is 1.34. The molecule has 0 aliphatic carbocycles. The van der Waals surface area contributed by atoms with E-state index >= 15 is 0 Å². The molecule has 0 spiro atoms. The molecule has 1 aromatic rings. The second-order valence-electron chi connectivity index (χ2n) is 4.42. The summed E-state index contributed by atoms with van der Waals surface area (Å²) in [4.78, 5) is 17.7. The van der Waals surface area contributed by atoms with Crippen molar-refractivity contribution in [1.29, 1.82) is 0 Å². The van der Waals surface area contributed by atoms with E-state index in [1.165, 1.54) is 23.0 Å². The second kappa shape index (κ2) is 6.38. The van der Waals surface area contributed by atoms with E-state index in [1.807, 2.05) is 0 Å². The van der Waals surface area contributed by atoms with Crippen LogP contribution in [0, 0.1) is 0 Å². The summed E-state index contributed by atoms with van der Waals surface area (Å²) < 4.78 is 24.1. The van der Waals surface area contributed by atoms with E-state index in [1.54, 1.807) is 11.0 Å². The summed E-state index contributed by atoms with van der Waals surface area (Å²) in [6.07, 6.45) is 4.12. The highest BCUT2D eigenvalue weighted by Gasteiger charge is 2.27. The van der Waals surface area contributed by atoms with Gasteiger partial charge in [-0.15, -0.1) is 12.4 Å². The fourth-order valence-corrected chi connectivity index (χ4v) is 2.80. The van der Waals surface area contributed by atoms with Crippen LogP contribution in [0.5, 0.6) is 0 Å². The van der Waals surface area contributed by atoms with Crippen LogP contribution in [-0.4, -0.2) is 60.9 Å². The van der Waals surface area contributed by atoms with E-state index in [0.29, 0.717) is 37.4 Å². The molecule has 9 heteroatoms. The molecule has 1 saturated heterocycles. The third kappa shape index (κ3) is 3.59. The molecule has 0 saturated carbocycles. The van der Waals surface area contributed by atoms with E-state index in [4.69, 9.17) is 5.73 Å². The number of sulfonamides is 1. The Kier molecular flexibility index (Phi) is 5.32. The maximum absolute atomic E-state index is 12.2. The molecule has 0 bridgehead atoms. The fraction of sp³-hybridized carbons (Fsp3) is 0.455. The maximum atomic E-state index is 12.2. The van der Waals surface area contributed by atoms with E-state index in [-0.39, 0.29) is 18.3 Å². The van der Waals surface area contributed by atoms with Crippen molar-refractivity contribution in [2.24, 2.45) is 0 Å². The Hall–Kier alpha value is -1.38. The summed E-state index contributed by atoms with van der Waals surface area (Å²) in [5.74, 6) is -0.209. The molecule has 7 nitrogen and oxygen atoms in total. The number of rotatable bonds is 2. The molecule has 0 unspecified atom stereocenters. The largest absolute Gasteiger partial charge is 0.398 e. The van der Waals surface area contributed by atoms with Gasteiger partial charge in [-0.2, -0.15) is 4.31 Å². The normalized spacial score (nSPS) is 16.6. The molecule has 0 radical (unpaired) electrons. The van der Waals surface area contributed by atoms with Gasteiger partial charge in [0.05, 0.1) is 11.8 Å². The number of nitrogens with zero attached hydrogens (tertiary/aromatic N) is 3. The van der Waals surface area contributed by atoms with Gasteiger partial charge >= 0.3 is 0 Å². The van der Waals surface area contributed by atoms with Crippen molar-refractivity contribution in [3.8, 4) is 0 Å². The minimum absolute atomic E-state index is 0. The lowest BCUT2D eigenvalue weighted by atomic mass is 10.2. The van der Waals surface area contributed by atoms with Crippen molar-refractivity contribution in [2.75, 3.05) is 38.2 Å². The van der Waals surface area contributed by atoms with Crippen molar-refractivity contribution in [2.45, 2.75) is 0 Å². The Labute approximate surface area is 124 Å². The van der Waals surface area contributed by atoms with Gasteiger partial charge in [-0.05, 0) is 6.07 Å². The summed E-state index contributed by atoms with van der Waals surface area (Å²) >= 11 is 0. The van der Waals surface area contributed by atoms with Crippen LogP contribution >= 0.6 is 12.4 Å². The van der Waals surface area contributed by atoms with Crippen molar-refractivity contribution in [3.63, 3.8) is 0 Å². The fourth-order valence-electron chi connectivity index (χ4n) is 1.98. The Balaban J connectivity index is 0.00000200. The van der Waals surface area contributed by atoms with Crippen LogP contribution in [0.3, 0.4) is 0 Å². The first-order valence-corrected chi connectivity index (χ1v) is 7.68. The number of carbonyl (C=O) groups is 1. The topological polar surface area (TPSA) is 96.6 Å². The van der Waals surface area contributed by atoms with Gasteiger partial charge in [0.25, 0.3) is 5.91 Å². The lowest BCUT2D eigenvalue weighted by molar-refractivity contribution is 0.0699. The highest BCUT2D eigenvalue weighted by molar-refractivity contribution is 7.88. The van der Waals surface area contributed by atoms with E-state index in [2.05, 4.69) is 4.98 Å². The molecule has 1 aliphatic rings. The number of anilines is 1. The van der Waals surface area contributed by atoms with Crippen LogP contribution in [0.4, 0.5) is 5.69 Å². The Morgan fingerprint density at radius 2 is 1.90 bits per heavy atom. The Morgan fingerprint density at radius 1 is 1.30 bits per heavy atom. The van der Waals surface area contributed by atoms with E-state index < -0.39 is 10.0 Å². The standard InChI is InChI=1S/C11H16N4O3S.ClH/c1-19(17,18)15-6-4-14(5-7-15)11(16)9-8-13-3-2-10(9)12;/h2-3,8H,4-7H2,1H3,(H2,12,13);1H. The van der Waals surface area contributed by atoms with Crippen LogP contribution in [0.25, 0.3) is 0 Å². The molecule has 1 amide bonds. The maximum Gasteiger partial charge on any atom is 0.257 e. The summed E-state index contributed by atoms with van der Waals surface area (Å²) in [6, 6.07) is 1.57. The quantitative estimate of drug-likeness (QED) is 0.814. The molecule has 20 heavy (non-hydrogen) atoms. The number of piperazine rings is 1. The second-order valence-corrected chi connectivity index (χ2v) is 6.40. The Morgan fingerprint density at radius 3 is 2.40 bits per heavy atom. The Bertz CT molecular complexity index is 585. The van der Waals surface area contributed by atoms with Crippen molar-refractivity contribution >= 4 is 34.0 Å². The monoisotopic (exact) mass is 320 g/mol.